The average molecular weight is 384 g/mol. The van der Waals surface area contributed by atoms with Crippen LogP contribution in [0.2, 0.25) is 0 Å². The molecule has 148 valence electrons. The van der Waals surface area contributed by atoms with E-state index in [2.05, 4.69) is 16.5 Å². The third kappa shape index (κ3) is 5.16. The molecule has 0 aliphatic carbocycles. The number of nitrogens with one attached hydrogen (secondary N) is 1. The molecule has 7 nitrogen and oxygen atoms in total. The summed E-state index contributed by atoms with van der Waals surface area (Å²) in [5, 5.41) is 6.72. The summed E-state index contributed by atoms with van der Waals surface area (Å²) < 4.78 is 16.3. The smallest absolute Gasteiger partial charge is 0.260 e. The molecule has 0 fully saturated rings. The van der Waals surface area contributed by atoms with Crippen molar-refractivity contribution in [2.24, 2.45) is 5.16 Å². The number of rotatable bonds is 8. The molecule has 0 bridgehead atoms. The topological polar surface area (TPSA) is 78.4 Å². The summed E-state index contributed by atoms with van der Waals surface area (Å²) in [5.74, 6) is 1.94. The summed E-state index contributed by atoms with van der Waals surface area (Å²) in [7, 11) is 0. The fourth-order valence-electron chi connectivity index (χ4n) is 2.73. The SMILES string of the molecule is C/C(=N/OCC(=O)NCCOc1ccc(C)cc1C)c1ccc2c(c1)OCO2. The Morgan fingerprint density at radius 3 is 2.79 bits per heavy atom. The van der Waals surface area contributed by atoms with E-state index in [1.54, 1.807) is 6.92 Å². The highest BCUT2D eigenvalue weighted by Crippen LogP contribution is 2.32. The van der Waals surface area contributed by atoms with E-state index in [0.29, 0.717) is 30.4 Å². The first-order chi connectivity index (χ1) is 13.5. The van der Waals surface area contributed by atoms with Crippen molar-refractivity contribution < 1.29 is 23.8 Å². The van der Waals surface area contributed by atoms with Gasteiger partial charge in [0.15, 0.2) is 18.1 Å². The number of hydrogen-bond acceptors (Lipinski definition) is 6. The number of carbonyl (C=O) groups excluding carboxylic acids is 1. The zero-order valence-corrected chi connectivity index (χ0v) is 16.3. The number of carbonyl (C=O) groups is 1. The van der Waals surface area contributed by atoms with Crippen molar-refractivity contribution in [2.75, 3.05) is 26.6 Å². The van der Waals surface area contributed by atoms with Crippen molar-refractivity contribution in [1.82, 2.24) is 5.32 Å². The van der Waals surface area contributed by atoms with Gasteiger partial charge in [0.2, 0.25) is 6.79 Å². The second-order valence-corrected chi connectivity index (χ2v) is 6.49. The molecule has 0 unspecified atom stereocenters. The highest BCUT2D eigenvalue weighted by atomic mass is 16.7. The van der Waals surface area contributed by atoms with Gasteiger partial charge in [-0.05, 0) is 50.6 Å². The Morgan fingerprint density at radius 1 is 1.14 bits per heavy atom. The van der Waals surface area contributed by atoms with Crippen LogP contribution in [0.25, 0.3) is 0 Å². The number of nitrogens with zero attached hydrogens (tertiary/aromatic N) is 1. The van der Waals surface area contributed by atoms with Gasteiger partial charge < -0.3 is 24.4 Å². The summed E-state index contributed by atoms with van der Waals surface area (Å²) in [5.41, 5.74) is 3.74. The first-order valence-corrected chi connectivity index (χ1v) is 9.06. The number of oxime groups is 1. The van der Waals surface area contributed by atoms with E-state index in [9.17, 15) is 4.79 Å². The number of fused-ring (bicyclic) bond motifs is 1. The van der Waals surface area contributed by atoms with Crippen molar-refractivity contribution in [2.45, 2.75) is 20.8 Å². The van der Waals surface area contributed by atoms with Crippen molar-refractivity contribution in [1.29, 1.82) is 0 Å². The summed E-state index contributed by atoms with van der Waals surface area (Å²) in [6.45, 7) is 6.66. The lowest BCUT2D eigenvalue weighted by Gasteiger charge is -2.10. The predicted octanol–water partition coefficient (Wildman–Crippen LogP) is 2.97. The van der Waals surface area contributed by atoms with Crippen LogP contribution in [0.3, 0.4) is 0 Å². The van der Waals surface area contributed by atoms with Gasteiger partial charge in [0.1, 0.15) is 12.4 Å². The third-order valence-corrected chi connectivity index (χ3v) is 4.20. The number of aryl methyl sites for hydroxylation is 2. The molecule has 0 radical (unpaired) electrons. The zero-order chi connectivity index (χ0) is 19.9. The van der Waals surface area contributed by atoms with Gasteiger partial charge in [-0.3, -0.25) is 4.79 Å². The normalized spacial score (nSPS) is 12.6. The first-order valence-electron chi connectivity index (χ1n) is 9.06. The van der Waals surface area contributed by atoms with Crippen LogP contribution in [-0.2, 0) is 9.63 Å². The first kappa shape index (κ1) is 19.5. The van der Waals surface area contributed by atoms with Gasteiger partial charge in [-0.2, -0.15) is 0 Å². The largest absolute Gasteiger partial charge is 0.491 e. The van der Waals surface area contributed by atoms with Gasteiger partial charge in [0.05, 0.1) is 12.3 Å². The van der Waals surface area contributed by atoms with Crippen LogP contribution in [0.1, 0.15) is 23.6 Å². The molecule has 7 heteroatoms. The number of hydrogen-bond donors (Lipinski definition) is 1. The van der Waals surface area contributed by atoms with Gasteiger partial charge in [0.25, 0.3) is 5.91 Å². The Morgan fingerprint density at radius 2 is 1.96 bits per heavy atom. The van der Waals surface area contributed by atoms with Crippen LogP contribution < -0.4 is 19.5 Å². The summed E-state index contributed by atoms with van der Waals surface area (Å²) in [6, 6.07) is 11.5. The second kappa shape index (κ2) is 9.12. The van der Waals surface area contributed by atoms with E-state index in [4.69, 9.17) is 19.0 Å². The van der Waals surface area contributed by atoms with Crippen LogP contribution >= 0.6 is 0 Å². The standard InChI is InChI=1S/C21H24N2O5/c1-14-4-6-18(15(2)10-14)25-9-8-22-21(24)12-28-23-16(3)17-5-7-19-20(11-17)27-13-26-19/h4-7,10-11H,8-9,12-13H2,1-3H3,(H,22,24)/b23-16-. The quantitative estimate of drug-likeness (QED) is 0.430. The molecule has 2 aromatic carbocycles. The molecule has 1 N–H and O–H groups in total. The molecule has 0 saturated heterocycles. The molecule has 28 heavy (non-hydrogen) atoms. The summed E-state index contributed by atoms with van der Waals surface area (Å²) >= 11 is 0. The van der Waals surface area contributed by atoms with E-state index in [0.717, 1.165) is 16.9 Å². The zero-order valence-electron chi connectivity index (χ0n) is 16.3. The highest BCUT2D eigenvalue weighted by molar-refractivity contribution is 5.99. The molecule has 0 saturated carbocycles. The fourth-order valence-corrected chi connectivity index (χ4v) is 2.73. The van der Waals surface area contributed by atoms with Crippen molar-refractivity contribution >= 4 is 11.6 Å². The lowest BCUT2D eigenvalue weighted by molar-refractivity contribution is -0.125. The second-order valence-electron chi connectivity index (χ2n) is 6.49. The minimum atomic E-state index is -0.258. The van der Waals surface area contributed by atoms with Gasteiger partial charge in [0, 0.05) is 5.56 Å². The van der Waals surface area contributed by atoms with Gasteiger partial charge >= 0.3 is 0 Å². The van der Waals surface area contributed by atoms with Crippen LogP contribution in [0.15, 0.2) is 41.6 Å². The lowest BCUT2D eigenvalue weighted by atomic mass is 10.1. The fraction of sp³-hybridized carbons (Fsp3) is 0.333. The van der Waals surface area contributed by atoms with E-state index >= 15 is 0 Å². The van der Waals surface area contributed by atoms with E-state index in [-0.39, 0.29) is 19.3 Å². The Bertz CT molecular complexity index is 879. The van der Waals surface area contributed by atoms with Gasteiger partial charge in [-0.25, -0.2) is 0 Å². The van der Waals surface area contributed by atoms with Crippen LogP contribution in [0, 0.1) is 13.8 Å². The maximum Gasteiger partial charge on any atom is 0.260 e. The Labute approximate surface area is 164 Å². The Balaban J connectivity index is 1.37. The maximum absolute atomic E-state index is 11.8. The van der Waals surface area contributed by atoms with Crippen LogP contribution in [0.5, 0.6) is 17.2 Å². The van der Waals surface area contributed by atoms with E-state index in [1.165, 1.54) is 5.56 Å². The van der Waals surface area contributed by atoms with Crippen molar-refractivity contribution in [3.63, 3.8) is 0 Å². The van der Waals surface area contributed by atoms with E-state index in [1.807, 2.05) is 44.2 Å². The van der Waals surface area contributed by atoms with Gasteiger partial charge in [-0.1, -0.05) is 22.9 Å². The molecular formula is C21H24N2O5. The van der Waals surface area contributed by atoms with Gasteiger partial charge in [-0.15, -0.1) is 0 Å². The summed E-state index contributed by atoms with van der Waals surface area (Å²) in [6.07, 6.45) is 0. The Kier molecular flexibility index (Phi) is 6.37. The molecule has 0 atom stereocenters. The molecule has 0 aromatic heterocycles. The average Bonchev–Trinajstić information content (AvgIpc) is 3.14. The minimum Gasteiger partial charge on any atom is -0.491 e. The summed E-state index contributed by atoms with van der Waals surface area (Å²) in [4.78, 5) is 17.0. The molecule has 1 heterocycles. The number of amides is 1. The third-order valence-electron chi connectivity index (χ3n) is 4.20. The molecule has 1 amide bonds. The number of benzene rings is 2. The molecule has 2 aromatic rings. The van der Waals surface area contributed by atoms with Crippen molar-refractivity contribution in [3.05, 3.63) is 53.1 Å². The van der Waals surface area contributed by atoms with Crippen molar-refractivity contribution in [3.8, 4) is 17.2 Å². The predicted molar refractivity (Wildman–Crippen MR) is 105 cm³/mol. The number of ether oxygens (including phenoxy) is 3. The maximum atomic E-state index is 11.8. The molecule has 3 rings (SSSR count). The molecular weight excluding hydrogens is 360 g/mol. The lowest BCUT2D eigenvalue weighted by Crippen LogP contribution is -2.31. The molecule has 0 spiro atoms. The van der Waals surface area contributed by atoms with E-state index < -0.39 is 0 Å². The minimum absolute atomic E-state index is 0.161. The highest BCUT2D eigenvalue weighted by Gasteiger charge is 2.14. The Hall–Kier alpha value is -3.22. The molecule has 1 aliphatic heterocycles. The van der Waals surface area contributed by atoms with Crippen LogP contribution in [0.4, 0.5) is 0 Å². The van der Waals surface area contributed by atoms with Crippen LogP contribution in [-0.4, -0.2) is 38.2 Å². The molecule has 1 aliphatic rings. The monoisotopic (exact) mass is 384 g/mol.